The van der Waals surface area contributed by atoms with E-state index in [-0.39, 0.29) is 18.2 Å². The topological polar surface area (TPSA) is 121 Å². The highest BCUT2D eigenvalue weighted by Gasteiger charge is 2.24. The highest BCUT2D eigenvalue weighted by Crippen LogP contribution is 2.27. The maximum Gasteiger partial charge on any atom is 0.232 e. The SMILES string of the molecule is CS(=O)(=O)Nc1ccc(-c2csc(NC(=O)Cc3csc(N4CCCC4=O)n3)n2)cc1. The summed E-state index contributed by atoms with van der Waals surface area (Å²) in [5.74, 6) is -0.168. The van der Waals surface area contributed by atoms with Crippen LogP contribution in [0.1, 0.15) is 18.5 Å². The standard InChI is InChI=1S/C19H19N5O4S3/c1-31(27,28)23-13-6-4-12(5-7-13)15-11-29-18(21-15)22-16(25)9-14-10-30-19(20-14)24-8-2-3-17(24)26/h4-7,10-11,23H,2-3,8-9H2,1H3,(H,21,22,25). The third-order valence-electron chi connectivity index (χ3n) is 4.42. The smallest absolute Gasteiger partial charge is 0.232 e. The molecule has 3 heterocycles. The summed E-state index contributed by atoms with van der Waals surface area (Å²) in [5, 5.41) is 7.47. The number of rotatable bonds is 7. The lowest BCUT2D eigenvalue weighted by Crippen LogP contribution is -2.23. The van der Waals surface area contributed by atoms with Crippen LogP contribution in [0.3, 0.4) is 0 Å². The molecule has 162 valence electrons. The van der Waals surface area contributed by atoms with E-state index in [0.717, 1.165) is 18.2 Å². The first kappa shape index (κ1) is 21.4. The molecule has 1 aromatic carbocycles. The molecule has 0 bridgehead atoms. The number of aromatic nitrogens is 2. The Morgan fingerprint density at radius 2 is 1.94 bits per heavy atom. The van der Waals surface area contributed by atoms with Crippen molar-refractivity contribution in [1.29, 1.82) is 0 Å². The van der Waals surface area contributed by atoms with Crippen molar-refractivity contribution in [3.05, 3.63) is 40.7 Å². The Morgan fingerprint density at radius 3 is 2.61 bits per heavy atom. The highest BCUT2D eigenvalue weighted by atomic mass is 32.2. The highest BCUT2D eigenvalue weighted by molar-refractivity contribution is 7.92. The van der Waals surface area contributed by atoms with E-state index in [9.17, 15) is 18.0 Å². The van der Waals surface area contributed by atoms with E-state index < -0.39 is 10.0 Å². The molecule has 31 heavy (non-hydrogen) atoms. The zero-order valence-electron chi connectivity index (χ0n) is 16.5. The fraction of sp³-hybridized carbons (Fsp3) is 0.263. The molecule has 1 aliphatic rings. The number of nitrogens with zero attached hydrogens (tertiary/aromatic N) is 3. The summed E-state index contributed by atoms with van der Waals surface area (Å²) in [6.45, 7) is 0.672. The average Bonchev–Trinajstić information content (AvgIpc) is 3.42. The molecule has 0 atom stereocenters. The van der Waals surface area contributed by atoms with E-state index in [0.29, 0.717) is 40.3 Å². The van der Waals surface area contributed by atoms with E-state index in [1.54, 1.807) is 34.5 Å². The number of hydrogen-bond acceptors (Lipinski definition) is 8. The zero-order chi connectivity index (χ0) is 22.0. The van der Waals surface area contributed by atoms with Crippen LogP contribution in [0.15, 0.2) is 35.0 Å². The lowest BCUT2D eigenvalue weighted by molar-refractivity contribution is -0.117. The van der Waals surface area contributed by atoms with Crippen LogP contribution in [0.5, 0.6) is 0 Å². The van der Waals surface area contributed by atoms with E-state index in [4.69, 9.17) is 0 Å². The molecule has 2 amide bonds. The molecule has 12 heteroatoms. The van der Waals surface area contributed by atoms with Crippen molar-refractivity contribution in [2.75, 3.05) is 27.7 Å². The summed E-state index contributed by atoms with van der Waals surface area (Å²) in [5.41, 5.74) is 2.56. The molecule has 0 aliphatic carbocycles. The van der Waals surface area contributed by atoms with Crippen LogP contribution in [0.25, 0.3) is 11.3 Å². The van der Waals surface area contributed by atoms with Gasteiger partial charge in [-0.1, -0.05) is 12.1 Å². The van der Waals surface area contributed by atoms with Crippen molar-refractivity contribution < 1.29 is 18.0 Å². The van der Waals surface area contributed by atoms with Crippen molar-refractivity contribution in [3.8, 4) is 11.3 Å². The van der Waals surface area contributed by atoms with E-state index in [1.165, 1.54) is 22.7 Å². The molecule has 0 unspecified atom stereocenters. The Labute approximate surface area is 187 Å². The predicted octanol–water partition coefficient (Wildman–Crippen LogP) is 2.95. The Kier molecular flexibility index (Phi) is 6.03. The van der Waals surface area contributed by atoms with E-state index in [2.05, 4.69) is 20.0 Å². The molecule has 3 aromatic rings. The fourth-order valence-electron chi connectivity index (χ4n) is 3.07. The number of sulfonamides is 1. The minimum Gasteiger partial charge on any atom is -0.302 e. The molecule has 4 rings (SSSR count). The van der Waals surface area contributed by atoms with Gasteiger partial charge in [-0.3, -0.25) is 19.2 Å². The minimum absolute atomic E-state index is 0.0702. The van der Waals surface area contributed by atoms with Gasteiger partial charge in [-0.2, -0.15) is 0 Å². The molecule has 1 saturated heterocycles. The Bertz CT molecular complexity index is 1220. The van der Waals surface area contributed by atoms with Crippen molar-refractivity contribution in [3.63, 3.8) is 0 Å². The van der Waals surface area contributed by atoms with Gasteiger partial charge in [0.1, 0.15) is 0 Å². The summed E-state index contributed by atoms with van der Waals surface area (Å²) in [6.07, 6.45) is 2.56. The number of benzene rings is 1. The second kappa shape index (κ2) is 8.73. The zero-order valence-corrected chi connectivity index (χ0v) is 18.9. The van der Waals surface area contributed by atoms with Gasteiger partial charge >= 0.3 is 0 Å². The lowest BCUT2D eigenvalue weighted by atomic mass is 10.1. The first-order valence-electron chi connectivity index (χ1n) is 9.35. The molecular weight excluding hydrogens is 458 g/mol. The predicted molar refractivity (Wildman–Crippen MR) is 122 cm³/mol. The summed E-state index contributed by atoms with van der Waals surface area (Å²) < 4.78 is 25.0. The lowest BCUT2D eigenvalue weighted by Gasteiger charge is -2.10. The van der Waals surface area contributed by atoms with Crippen LogP contribution in [0.2, 0.25) is 0 Å². The number of carbonyl (C=O) groups is 2. The molecule has 1 aliphatic heterocycles. The molecule has 1 fully saturated rings. The van der Waals surface area contributed by atoms with Crippen LogP contribution in [-0.4, -0.2) is 43.0 Å². The number of carbonyl (C=O) groups excluding carboxylic acids is 2. The van der Waals surface area contributed by atoms with E-state index >= 15 is 0 Å². The molecular formula is C19H19N5O4S3. The fourth-order valence-corrected chi connectivity index (χ4v) is 5.23. The third kappa shape index (κ3) is 5.46. The van der Waals surface area contributed by atoms with Crippen molar-refractivity contribution in [2.45, 2.75) is 19.3 Å². The Hall–Kier alpha value is -2.83. The number of thiazole rings is 2. The van der Waals surface area contributed by atoms with Crippen LogP contribution in [0.4, 0.5) is 16.0 Å². The van der Waals surface area contributed by atoms with E-state index in [1.807, 2.05) is 5.38 Å². The van der Waals surface area contributed by atoms with Crippen molar-refractivity contribution in [2.24, 2.45) is 0 Å². The van der Waals surface area contributed by atoms with Crippen molar-refractivity contribution in [1.82, 2.24) is 9.97 Å². The van der Waals surface area contributed by atoms with Gasteiger partial charge in [0, 0.05) is 35.0 Å². The summed E-state index contributed by atoms with van der Waals surface area (Å²) in [7, 11) is -3.33. The van der Waals surface area contributed by atoms with Crippen LogP contribution >= 0.6 is 22.7 Å². The molecule has 0 saturated carbocycles. The van der Waals surface area contributed by atoms with Gasteiger partial charge in [-0.05, 0) is 18.6 Å². The maximum atomic E-state index is 12.4. The number of nitrogens with one attached hydrogen (secondary N) is 2. The Balaban J connectivity index is 1.36. The minimum atomic E-state index is -3.33. The number of anilines is 3. The van der Waals surface area contributed by atoms with Gasteiger partial charge < -0.3 is 5.32 Å². The maximum absolute atomic E-state index is 12.4. The normalized spacial score (nSPS) is 14.1. The first-order chi connectivity index (χ1) is 14.8. The second-order valence-corrected chi connectivity index (χ2v) is 10.4. The molecule has 2 N–H and O–H groups in total. The monoisotopic (exact) mass is 477 g/mol. The van der Waals surface area contributed by atoms with Crippen molar-refractivity contribution >= 4 is 60.5 Å². The Morgan fingerprint density at radius 1 is 1.16 bits per heavy atom. The van der Waals surface area contributed by atoms with Crippen LogP contribution in [-0.2, 0) is 26.0 Å². The molecule has 9 nitrogen and oxygen atoms in total. The third-order valence-corrected chi connectivity index (χ3v) is 6.70. The quantitative estimate of drug-likeness (QED) is 0.540. The number of amides is 2. The average molecular weight is 478 g/mol. The first-order valence-corrected chi connectivity index (χ1v) is 13.0. The van der Waals surface area contributed by atoms with Gasteiger partial charge in [0.15, 0.2) is 10.3 Å². The molecule has 0 radical (unpaired) electrons. The second-order valence-electron chi connectivity index (χ2n) is 6.98. The van der Waals surface area contributed by atoms with Gasteiger partial charge in [0.25, 0.3) is 0 Å². The molecule has 0 spiro atoms. The molecule has 2 aromatic heterocycles. The van der Waals surface area contributed by atoms with Gasteiger partial charge in [0.2, 0.25) is 21.8 Å². The number of hydrogen-bond donors (Lipinski definition) is 2. The summed E-state index contributed by atoms with van der Waals surface area (Å²) in [6, 6.07) is 6.81. The van der Waals surface area contributed by atoms with Gasteiger partial charge in [-0.15, -0.1) is 22.7 Å². The van der Waals surface area contributed by atoms with Crippen LogP contribution < -0.4 is 14.9 Å². The van der Waals surface area contributed by atoms with Crippen LogP contribution in [0, 0.1) is 0 Å². The van der Waals surface area contributed by atoms with Gasteiger partial charge in [-0.25, -0.2) is 18.4 Å². The largest absolute Gasteiger partial charge is 0.302 e. The van der Waals surface area contributed by atoms with Gasteiger partial charge in [0.05, 0.1) is 24.1 Å². The summed E-state index contributed by atoms with van der Waals surface area (Å²) >= 11 is 2.66. The summed E-state index contributed by atoms with van der Waals surface area (Å²) in [4.78, 5) is 34.7.